The van der Waals surface area contributed by atoms with Crippen LogP contribution >= 0.6 is 0 Å². The fourth-order valence-corrected chi connectivity index (χ4v) is 2.46. The number of hydrogen-bond acceptors (Lipinski definition) is 3. The van der Waals surface area contributed by atoms with Crippen LogP contribution < -0.4 is 5.32 Å². The molecule has 1 amide bonds. The molecule has 0 saturated heterocycles. The number of pyridine rings is 1. The van der Waals surface area contributed by atoms with Gasteiger partial charge in [-0.1, -0.05) is 24.6 Å². The molecule has 1 aromatic carbocycles. The Morgan fingerprint density at radius 2 is 2.09 bits per heavy atom. The predicted molar refractivity (Wildman–Crippen MR) is 86.2 cm³/mol. The summed E-state index contributed by atoms with van der Waals surface area (Å²) in [5.74, 6) is 0.625. The van der Waals surface area contributed by atoms with E-state index in [1.807, 2.05) is 57.3 Å². The minimum atomic E-state index is -0.133. The molecule has 0 radical (unpaired) electrons. The topological polar surface area (TPSA) is 59.3 Å². The second-order valence-corrected chi connectivity index (χ2v) is 5.34. The molecular formula is C17H18N4O. The van der Waals surface area contributed by atoms with Crippen molar-refractivity contribution in [1.29, 1.82) is 0 Å². The number of anilines is 1. The van der Waals surface area contributed by atoms with E-state index >= 15 is 0 Å². The highest BCUT2D eigenvalue weighted by atomic mass is 16.1. The van der Waals surface area contributed by atoms with Crippen LogP contribution in [-0.4, -0.2) is 20.5 Å². The lowest BCUT2D eigenvalue weighted by Gasteiger charge is -2.08. The van der Waals surface area contributed by atoms with Gasteiger partial charge < -0.3 is 5.32 Å². The first-order valence-electron chi connectivity index (χ1n) is 7.31. The summed E-state index contributed by atoms with van der Waals surface area (Å²) in [6.45, 7) is 5.95. The summed E-state index contributed by atoms with van der Waals surface area (Å²) in [6.07, 6.45) is 2.58. The number of amides is 1. The van der Waals surface area contributed by atoms with Gasteiger partial charge in [0.05, 0.1) is 5.69 Å². The highest BCUT2D eigenvalue weighted by Crippen LogP contribution is 2.18. The van der Waals surface area contributed by atoms with Crippen LogP contribution in [0.5, 0.6) is 0 Å². The maximum atomic E-state index is 12.5. The number of benzene rings is 1. The molecule has 0 aliphatic heterocycles. The van der Waals surface area contributed by atoms with Crippen molar-refractivity contribution in [2.24, 2.45) is 0 Å². The zero-order valence-electron chi connectivity index (χ0n) is 12.9. The number of hydrogen-bond donors (Lipinski definition) is 1. The molecule has 0 spiro atoms. The Hall–Kier alpha value is -2.69. The van der Waals surface area contributed by atoms with Gasteiger partial charge in [0.2, 0.25) is 0 Å². The van der Waals surface area contributed by atoms with E-state index in [0.717, 1.165) is 23.4 Å². The first kappa shape index (κ1) is 14.3. The van der Waals surface area contributed by atoms with Crippen LogP contribution in [0.25, 0.3) is 5.65 Å². The first-order valence-corrected chi connectivity index (χ1v) is 7.31. The van der Waals surface area contributed by atoms with Crippen molar-refractivity contribution in [2.45, 2.75) is 27.2 Å². The largest absolute Gasteiger partial charge is 0.319 e. The lowest BCUT2D eigenvalue weighted by Crippen LogP contribution is -2.14. The summed E-state index contributed by atoms with van der Waals surface area (Å²) >= 11 is 0. The zero-order chi connectivity index (χ0) is 15.7. The number of nitrogens with zero attached hydrogens (tertiary/aromatic N) is 3. The average Bonchev–Trinajstić information content (AvgIpc) is 2.91. The Kier molecular flexibility index (Phi) is 3.63. The van der Waals surface area contributed by atoms with Crippen molar-refractivity contribution in [3.63, 3.8) is 0 Å². The maximum Gasteiger partial charge on any atom is 0.256 e. The van der Waals surface area contributed by atoms with E-state index in [4.69, 9.17) is 0 Å². The Morgan fingerprint density at radius 3 is 2.82 bits per heavy atom. The third kappa shape index (κ3) is 2.57. The third-order valence-corrected chi connectivity index (χ3v) is 3.60. The van der Waals surface area contributed by atoms with Gasteiger partial charge in [-0.05, 0) is 37.6 Å². The van der Waals surface area contributed by atoms with Gasteiger partial charge in [0.25, 0.3) is 5.91 Å². The Balaban J connectivity index is 1.95. The summed E-state index contributed by atoms with van der Waals surface area (Å²) in [5.41, 5.74) is 4.10. The van der Waals surface area contributed by atoms with Gasteiger partial charge in [-0.15, -0.1) is 0 Å². The van der Waals surface area contributed by atoms with E-state index in [-0.39, 0.29) is 5.91 Å². The zero-order valence-corrected chi connectivity index (χ0v) is 12.9. The number of carbonyl (C=O) groups excluding carboxylic acids is 1. The van der Waals surface area contributed by atoms with Crippen molar-refractivity contribution >= 4 is 17.2 Å². The van der Waals surface area contributed by atoms with Crippen LogP contribution in [0, 0.1) is 13.8 Å². The van der Waals surface area contributed by atoms with Crippen molar-refractivity contribution in [2.75, 3.05) is 5.32 Å². The average molecular weight is 294 g/mol. The summed E-state index contributed by atoms with van der Waals surface area (Å²) in [6, 6.07) is 9.47. The van der Waals surface area contributed by atoms with Gasteiger partial charge in [0.15, 0.2) is 11.5 Å². The predicted octanol–water partition coefficient (Wildman–Crippen LogP) is 3.16. The first-order chi connectivity index (χ1) is 10.6. The molecule has 2 aromatic heterocycles. The third-order valence-electron chi connectivity index (χ3n) is 3.60. The van der Waals surface area contributed by atoms with Crippen LogP contribution in [0.15, 0.2) is 36.5 Å². The molecule has 0 atom stereocenters. The molecule has 5 nitrogen and oxygen atoms in total. The number of carbonyl (C=O) groups is 1. The molecule has 0 unspecified atom stereocenters. The highest BCUT2D eigenvalue weighted by molar-refractivity contribution is 6.06. The Morgan fingerprint density at radius 1 is 1.27 bits per heavy atom. The molecule has 1 N–H and O–H groups in total. The molecule has 3 rings (SSSR count). The minimum Gasteiger partial charge on any atom is -0.319 e. The molecule has 112 valence electrons. The standard InChI is InChI=1S/C17H18N4O/c1-4-15-19-16-14(6-5-9-21(16)20-15)18-17(22)13-8-7-11(2)10-12(13)3/h5-10H,4H2,1-3H3,(H,18,22). The number of aromatic nitrogens is 3. The number of rotatable bonds is 3. The molecule has 0 fully saturated rings. The van der Waals surface area contributed by atoms with Crippen LogP contribution in [0.4, 0.5) is 5.69 Å². The number of nitrogens with one attached hydrogen (secondary N) is 1. The molecule has 0 saturated carbocycles. The maximum absolute atomic E-state index is 12.5. The van der Waals surface area contributed by atoms with Gasteiger partial charge >= 0.3 is 0 Å². The van der Waals surface area contributed by atoms with Crippen LogP contribution in [0.3, 0.4) is 0 Å². The second kappa shape index (κ2) is 5.60. The van der Waals surface area contributed by atoms with Gasteiger partial charge in [-0.2, -0.15) is 5.10 Å². The normalized spacial score (nSPS) is 10.9. The van der Waals surface area contributed by atoms with Crippen LogP contribution in [0.1, 0.15) is 34.2 Å². The van der Waals surface area contributed by atoms with Gasteiger partial charge in [-0.3, -0.25) is 4.79 Å². The summed E-state index contributed by atoms with van der Waals surface area (Å²) < 4.78 is 1.69. The molecule has 22 heavy (non-hydrogen) atoms. The fourth-order valence-electron chi connectivity index (χ4n) is 2.46. The summed E-state index contributed by atoms with van der Waals surface area (Å²) in [7, 11) is 0. The van der Waals surface area contributed by atoms with Gasteiger partial charge in [0.1, 0.15) is 0 Å². The molecule has 0 aliphatic rings. The quantitative estimate of drug-likeness (QED) is 0.807. The van der Waals surface area contributed by atoms with Crippen molar-refractivity contribution in [3.05, 3.63) is 59.0 Å². The highest BCUT2D eigenvalue weighted by Gasteiger charge is 2.13. The Bertz CT molecular complexity index is 851. The molecule has 0 bridgehead atoms. The van der Waals surface area contributed by atoms with E-state index in [9.17, 15) is 4.79 Å². The van der Waals surface area contributed by atoms with Crippen molar-refractivity contribution in [3.8, 4) is 0 Å². The van der Waals surface area contributed by atoms with E-state index in [2.05, 4.69) is 15.4 Å². The SMILES string of the molecule is CCc1nc2c(NC(=O)c3ccc(C)cc3C)cccn2n1. The fraction of sp³-hybridized carbons (Fsp3) is 0.235. The second-order valence-electron chi connectivity index (χ2n) is 5.34. The van der Waals surface area contributed by atoms with E-state index in [1.165, 1.54) is 0 Å². The van der Waals surface area contributed by atoms with Crippen molar-refractivity contribution < 1.29 is 4.79 Å². The lowest BCUT2D eigenvalue weighted by atomic mass is 10.1. The van der Waals surface area contributed by atoms with Crippen LogP contribution in [0.2, 0.25) is 0 Å². The Labute approximate surface area is 129 Å². The summed E-state index contributed by atoms with van der Waals surface area (Å²) in [5, 5.41) is 7.29. The van der Waals surface area contributed by atoms with Crippen molar-refractivity contribution in [1.82, 2.24) is 14.6 Å². The minimum absolute atomic E-state index is 0.133. The molecule has 0 aliphatic carbocycles. The molecule has 5 heteroatoms. The van der Waals surface area contributed by atoms with Gasteiger partial charge in [-0.25, -0.2) is 9.50 Å². The molecule has 2 heterocycles. The lowest BCUT2D eigenvalue weighted by molar-refractivity contribution is 0.102. The van der Waals surface area contributed by atoms with Crippen LogP contribution in [-0.2, 0) is 6.42 Å². The van der Waals surface area contributed by atoms with E-state index in [1.54, 1.807) is 4.52 Å². The number of fused-ring (bicyclic) bond motifs is 1. The monoisotopic (exact) mass is 294 g/mol. The van der Waals surface area contributed by atoms with E-state index < -0.39 is 0 Å². The van der Waals surface area contributed by atoms with Gasteiger partial charge in [0, 0.05) is 18.2 Å². The smallest absolute Gasteiger partial charge is 0.256 e. The number of aryl methyl sites for hydroxylation is 3. The molecular weight excluding hydrogens is 276 g/mol. The summed E-state index contributed by atoms with van der Waals surface area (Å²) in [4.78, 5) is 16.9. The molecule has 3 aromatic rings. The van der Waals surface area contributed by atoms with E-state index in [0.29, 0.717) is 16.9 Å².